The Morgan fingerprint density at radius 1 is 1.04 bits per heavy atom. The molecule has 0 spiro atoms. The lowest BCUT2D eigenvalue weighted by atomic mass is 10.1. The van der Waals surface area contributed by atoms with Crippen LogP contribution in [0.3, 0.4) is 0 Å². The van der Waals surface area contributed by atoms with Gasteiger partial charge in [-0.3, -0.25) is 9.69 Å². The van der Waals surface area contributed by atoms with Crippen LogP contribution in [0.2, 0.25) is 0 Å². The summed E-state index contributed by atoms with van der Waals surface area (Å²) in [6.45, 7) is 2.23. The van der Waals surface area contributed by atoms with Crippen molar-refractivity contribution in [2.24, 2.45) is 5.73 Å². The summed E-state index contributed by atoms with van der Waals surface area (Å²) in [7, 11) is 3.15. The molecular formula is C20H28ClN3O3. The molecule has 0 aliphatic heterocycles. The molecule has 0 unspecified atom stereocenters. The van der Waals surface area contributed by atoms with Crippen LogP contribution < -0.4 is 20.5 Å². The van der Waals surface area contributed by atoms with Crippen LogP contribution >= 0.6 is 12.4 Å². The molecular weight excluding hydrogens is 366 g/mol. The predicted molar refractivity (Wildman–Crippen MR) is 111 cm³/mol. The van der Waals surface area contributed by atoms with Gasteiger partial charge in [0.15, 0.2) is 0 Å². The third-order valence-electron chi connectivity index (χ3n) is 4.01. The molecule has 2 rings (SSSR count). The number of hydrogen-bond donors (Lipinski definition) is 2. The molecule has 0 aromatic heterocycles. The van der Waals surface area contributed by atoms with E-state index in [0.717, 1.165) is 13.0 Å². The average molecular weight is 394 g/mol. The lowest BCUT2D eigenvalue weighted by Gasteiger charge is -2.21. The Labute approximate surface area is 167 Å². The minimum atomic E-state index is -0.0955. The van der Waals surface area contributed by atoms with Crippen molar-refractivity contribution in [1.29, 1.82) is 0 Å². The van der Waals surface area contributed by atoms with E-state index in [9.17, 15) is 4.79 Å². The van der Waals surface area contributed by atoms with Crippen molar-refractivity contribution in [2.75, 3.05) is 45.7 Å². The summed E-state index contributed by atoms with van der Waals surface area (Å²) in [5.41, 5.74) is 7.58. The minimum Gasteiger partial charge on any atom is -0.497 e. The Kier molecular flexibility index (Phi) is 10.3. The van der Waals surface area contributed by atoms with E-state index in [0.29, 0.717) is 30.3 Å². The van der Waals surface area contributed by atoms with Gasteiger partial charge in [0.1, 0.15) is 11.5 Å². The molecule has 6 nitrogen and oxygen atoms in total. The van der Waals surface area contributed by atoms with Crippen LogP contribution in [0.4, 0.5) is 5.69 Å². The highest BCUT2D eigenvalue weighted by atomic mass is 35.5. The molecule has 0 saturated heterocycles. The maximum Gasteiger partial charge on any atom is 0.238 e. The molecule has 2 aromatic rings. The summed E-state index contributed by atoms with van der Waals surface area (Å²) in [6.07, 6.45) is 0.876. The van der Waals surface area contributed by atoms with Crippen LogP contribution in [0.5, 0.6) is 11.5 Å². The van der Waals surface area contributed by atoms with Crippen LogP contribution in [0.15, 0.2) is 48.5 Å². The van der Waals surface area contributed by atoms with Crippen molar-refractivity contribution in [3.63, 3.8) is 0 Å². The quantitative estimate of drug-likeness (QED) is 0.648. The fourth-order valence-electron chi connectivity index (χ4n) is 2.67. The van der Waals surface area contributed by atoms with Crippen LogP contribution in [0, 0.1) is 0 Å². The van der Waals surface area contributed by atoms with Gasteiger partial charge in [-0.15, -0.1) is 12.4 Å². The Balaban J connectivity index is 0.00000364. The first-order valence-corrected chi connectivity index (χ1v) is 8.64. The largest absolute Gasteiger partial charge is 0.497 e. The van der Waals surface area contributed by atoms with Crippen molar-refractivity contribution >= 4 is 24.0 Å². The molecule has 3 N–H and O–H groups in total. The second kappa shape index (κ2) is 12.2. The molecule has 0 saturated carbocycles. The van der Waals surface area contributed by atoms with E-state index in [4.69, 9.17) is 15.2 Å². The first-order chi connectivity index (χ1) is 12.6. The van der Waals surface area contributed by atoms with Crippen LogP contribution in [-0.2, 0) is 11.2 Å². The number of nitrogens with zero attached hydrogens (tertiary/aromatic N) is 1. The number of amides is 1. The van der Waals surface area contributed by atoms with Gasteiger partial charge in [-0.25, -0.2) is 0 Å². The summed E-state index contributed by atoms with van der Waals surface area (Å²) in [4.78, 5) is 14.5. The molecule has 0 atom stereocenters. The van der Waals surface area contributed by atoms with Crippen LogP contribution in [0.25, 0.3) is 0 Å². The van der Waals surface area contributed by atoms with Crippen LogP contribution in [0.1, 0.15) is 5.56 Å². The highest BCUT2D eigenvalue weighted by Crippen LogP contribution is 2.25. The normalized spacial score (nSPS) is 10.2. The number of nitrogens with one attached hydrogen (secondary N) is 1. The van der Waals surface area contributed by atoms with Crippen molar-refractivity contribution in [3.8, 4) is 11.5 Å². The van der Waals surface area contributed by atoms with E-state index >= 15 is 0 Å². The van der Waals surface area contributed by atoms with E-state index in [1.54, 1.807) is 32.4 Å². The fourth-order valence-corrected chi connectivity index (χ4v) is 2.67. The topological polar surface area (TPSA) is 76.8 Å². The maximum atomic E-state index is 12.4. The number of carbonyl (C=O) groups is 1. The zero-order valence-electron chi connectivity index (χ0n) is 15.8. The second-order valence-electron chi connectivity index (χ2n) is 5.95. The van der Waals surface area contributed by atoms with E-state index in [2.05, 4.69) is 22.3 Å². The number of nitrogens with two attached hydrogens (primary N) is 1. The summed E-state index contributed by atoms with van der Waals surface area (Å²) >= 11 is 0. The molecule has 0 heterocycles. The number of hydrogen-bond acceptors (Lipinski definition) is 5. The number of benzene rings is 2. The lowest BCUT2D eigenvalue weighted by Crippen LogP contribution is -2.38. The van der Waals surface area contributed by atoms with E-state index in [1.807, 2.05) is 18.2 Å². The first kappa shape index (κ1) is 22.8. The van der Waals surface area contributed by atoms with Gasteiger partial charge >= 0.3 is 0 Å². The van der Waals surface area contributed by atoms with Gasteiger partial charge in [-0.1, -0.05) is 30.3 Å². The van der Waals surface area contributed by atoms with E-state index in [-0.39, 0.29) is 24.9 Å². The maximum absolute atomic E-state index is 12.4. The Morgan fingerprint density at radius 2 is 1.67 bits per heavy atom. The average Bonchev–Trinajstić information content (AvgIpc) is 2.66. The first-order valence-electron chi connectivity index (χ1n) is 8.64. The fraction of sp³-hybridized carbons (Fsp3) is 0.350. The van der Waals surface area contributed by atoms with Crippen molar-refractivity contribution in [3.05, 3.63) is 54.1 Å². The molecule has 1 amide bonds. The zero-order chi connectivity index (χ0) is 18.8. The second-order valence-corrected chi connectivity index (χ2v) is 5.95. The van der Waals surface area contributed by atoms with Gasteiger partial charge < -0.3 is 20.5 Å². The van der Waals surface area contributed by atoms with Gasteiger partial charge in [0.25, 0.3) is 0 Å². The van der Waals surface area contributed by atoms with E-state index < -0.39 is 0 Å². The molecule has 27 heavy (non-hydrogen) atoms. The number of anilines is 1. The Hall–Kier alpha value is -2.28. The summed E-state index contributed by atoms with van der Waals surface area (Å²) < 4.78 is 10.5. The highest BCUT2D eigenvalue weighted by Gasteiger charge is 2.12. The lowest BCUT2D eigenvalue weighted by molar-refractivity contribution is -0.117. The molecule has 0 fully saturated rings. The summed E-state index contributed by atoms with van der Waals surface area (Å²) in [5, 5.41) is 2.90. The third kappa shape index (κ3) is 7.86. The van der Waals surface area contributed by atoms with Crippen molar-refractivity contribution in [1.82, 2.24) is 4.90 Å². The molecule has 0 bridgehead atoms. The van der Waals surface area contributed by atoms with Gasteiger partial charge in [0.2, 0.25) is 5.91 Å². The standard InChI is InChI=1S/C20H27N3O3.ClH/c1-25-18-12-17(13-19(14-18)26-2)22-20(24)15-23(11-9-21)10-8-16-6-4-3-5-7-16;/h3-7,12-14H,8-11,15,21H2,1-2H3,(H,22,24);1H. The van der Waals surface area contributed by atoms with Gasteiger partial charge in [0, 0.05) is 43.5 Å². The number of ether oxygens (including phenoxy) is 2. The summed E-state index contributed by atoms with van der Waals surface area (Å²) in [5.74, 6) is 1.16. The number of carbonyl (C=O) groups excluding carboxylic acids is 1. The smallest absolute Gasteiger partial charge is 0.238 e. The van der Waals surface area contributed by atoms with Gasteiger partial charge in [-0.05, 0) is 12.0 Å². The molecule has 7 heteroatoms. The minimum absolute atomic E-state index is 0. The Morgan fingerprint density at radius 3 is 2.22 bits per heavy atom. The molecule has 2 aromatic carbocycles. The SMILES string of the molecule is COc1cc(NC(=O)CN(CCN)CCc2ccccc2)cc(OC)c1.Cl. The predicted octanol–water partition coefficient (Wildman–Crippen LogP) is 2.57. The number of halogens is 1. The third-order valence-corrected chi connectivity index (χ3v) is 4.01. The molecule has 0 radical (unpaired) electrons. The highest BCUT2D eigenvalue weighted by molar-refractivity contribution is 5.92. The van der Waals surface area contributed by atoms with Gasteiger partial charge in [0.05, 0.1) is 20.8 Å². The van der Waals surface area contributed by atoms with Crippen LogP contribution in [-0.4, -0.2) is 51.2 Å². The monoisotopic (exact) mass is 393 g/mol. The molecule has 148 valence electrons. The number of methoxy groups -OCH3 is 2. The molecule has 0 aliphatic rings. The Bertz CT molecular complexity index is 676. The number of rotatable bonds is 10. The zero-order valence-corrected chi connectivity index (χ0v) is 16.6. The van der Waals surface area contributed by atoms with Crippen molar-refractivity contribution < 1.29 is 14.3 Å². The van der Waals surface area contributed by atoms with E-state index in [1.165, 1.54) is 5.56 Å². The summed E-state index contributed by atoms with van der Waals surface area (Å²) in [6, 6.07) is 15.5. The molecule has 0 aliphatic carbocycles. The van der Waals surface area contributed by atoms with Crippen molar-refractivity contribution in [2.45, 2.75) is 6.42 Å². The van der Waals surface area contributed by atoms with Gasteiger partial charge in [-0.2, -0.15) is 0 Å².